The van der Waals surface area contributed by atoms with Gasteiger partial charge in [-0.1, -0.05) is 24.6 Å². The number of ketones is 1. The number of hydrogen-bond acceptors (Lipinski definition) is 5. The van der Waals surface area contributed by atoms with Gasteiger partial charge in [0.05, 0.1) is 13.1 Å². The van der Waals surface area contributed by atoms with Gasteiger partial charge < -0.3 is 11.1 Å². The van der Waals surface area contributed by atoms with Crippen molar-refractivity contribution in [3.63, 3.8) is 0 Å². The molecule has 28 heavy (non-hydrogen) atoms. The summed E-state index contributed by atoms with van der Waals surface area (Å²) >= 11 is 0. The van der Waals surface area contributed by atoms with E-state index in [1.165, 1.54) is 6.42 Å². The van der Waals surface area contributed by atoms with Crippen molar-refractivity contribution in [3.8, 4) is 0 Å². The van der Waals surface area contributed by atoms with Gasteiger partial charge in [-0.2, -0.15) is 0 Å². The molecule has 1 aromatic heterocycles. The minimum Gasteiger partial charge on any atom is -0.383 e. The molecule has 1 aliphatic heterocycles. The number of carbonyl (C=O) groups excluding carboxylic acids is 2. The van der Waals surface area contributed by atoms with Crippen LogP contribution in [-0.2, 0) is 16.0 Å². The second-order valence-corrected chi connectivity index (χ2v) is 7.87. The molecule has 1 aliphatic rings. The SMILES string of the molecule is C[C@@H]1CCC[C@H](C)N1CC(=O)NCC(=O)CCc1ccc2c(N)nccc2c1. The first-order valence-electron chi connectivity index (χ1n) is 10.1. The Labute approximate surface area is 166 Å². The van der Waals surface area contributed by atoms with E-state index >= 15 is 0 Å². The molecule has 6 nitrogen and oxygen atoms in total. The van der Waals surface area contributed by atoms with Gasteiger partial charge in [0.15, 0.2) is 5.78 Å². The quantitative estimate of drug-likeness (QED) is 0.769. The molecule has 3 rings (SSSR count). The van der Waals surface area contributed by atoms with Crippen molar-refractivity contribution in [1.29, 1.82) is 0 Å². The monoisotopic (exact) mass is 382 g/mol. The Hall–Kier alpha value is -2.47. The molecule has 6 heteroatoms. The highest BCUT2D eigenvalue weighted by molar-refractivity contribution is 5.91. The molecule has 0 radical (unpaired) electrons. The lowest BCUT2D eigenvalue weighted by Crippen LogP contribution is -2.49. The van der Waals surface area contributed by atoms with Crippen LogP contribution < -0.4 is 11.1 Å². The molecule has 3 N–H and O–H groups in total. The standard InChI is InChI=1S/C22H30N4O2/c1-15-4-3-5-16(2)26(15)14-21(28)25-13-19(27)8-6-17-7-9-20-18(12-17)10-11-24-22(20)23/h7,9-12,15-16H,3-6,8,13-14H2,1-2H3,(H2,23,24)(H,25,28)/t15-,16+. The second-order valence-electron chi connectivity index (χ2n) is 7.87. The summed E-state index contributed by atoms with van der Waals surface area (Å²) in [5.41, 5.74) is 6.95. The molecule has 0 saturated carbocycles. The number of aryl methyl sites for hydroxylation is 1. The van der Waals surface area contributed by atoms with Crippen LogP contribution in [0.1, 0.15) is 45.1 Å². The zero-order valence-corrected chi connectivity index (χ0v) is 16.8. The normalized spacial score (nSPS) is 20.2. The maximum absolute atomic E-state index is 12.2. The molecule has 0 unspecified atom stereocenters. The Kier molecular flexibility index (Phi) is 6.62. The van der Waals surface area contributed by atoms with Crippen molar-refractivity contribution in [2.24, 2.45) is 0 Å². The number of hydrogen-bond donors (Lipinski definition) is 2. The number of rotatable bonds is 7. The minimum atomic E-state index is -0.0670. The number of nitrogens with one attached hydrogen (secondary N) is 1. The lowest BCUT2D eigenvalue weighted by atomic mass is 9.97. The van der Waals surface area contributed by atoms with E-state index in [2.05, 4.69) is 29.0 Å². The Morgan fingerprint density at radius 3 is 2.71 bits per heavy atom. The molecule has 0 spiro atoms. The van der Waals surface area contributed by atoms with Crippen molar-refractivity contribution >= 4 is 28.3 Å². The molecule has 2 heterocycles. The highest BCUT2D eigenvalue weighted by atomic mass is 16.2. The van der Waals surface area contributed by atoms with E-state index in [4.69, 9.17) is 5.73 Å². The van der Waals surface area contributed by atoms with Crippen LogP contribution in [0.25, 0.3) is 10.8 Å². The number of benzene rings is 1. The number of Topliss-reactive ketones (excluding diaryl/α,β-unsaturated/α-hetero) is 1. The van der Waals surface area contributed by atoms with Gasteiger partial charge in [0, 0.05) is 30.1 Å². The van der Waals surface area contributed by atoms with Crippen molar-refractivity contribution in [2.75, 3.05) is 18.8 Å². The number of aromatic nitrogens is 1. The van der Waals surface area contributed by atoms with Crippen LogP contribution >= 0.6 is 0 Å². The number of anilines is 1. The summed E-state index contributed by atoms with van der Waals surface area (Å²) in [5.74, 6) is 0.491. The number of pyridine rings is 1. The molecule has 2 aromatic rings. The van der Waals surface area contributed by atoms with Gasteiger partial charge >= 0.3 is 0 Å². The van der Waals surface area contributed by atoms with Gasteiger partial charge in [0.1, 0.15) is 5.82 Å². The molecule has 1 saturated heterocycles. The van der Waals surface area contributed by atoms with Crippen molar-refractivity contribution < 1.29 is 9.59 Å². The van der Waals surface area contributed by atoms with Crippen LogP contribution in [0.3, 0.4) is 0 Å². The van der Waals surface area contributed by atoms with Gasteiger partial charge in [0.25, 0.3) is 0 Å². The zero-order valence-electron chi connectivity index (χ0n) is 16.8. The fraction of sp³-hybridized carbons (Fsp3) is 0.500. The molecule has 1 fully saturated rings. The van der Waals surface area contributed by atoms with Crippen LogP contribution in [-0.4, -0.2) is 46.7 Å². The highest BCUT2D eigenvalue weighted by Gasteiger charge is 2.26. The summed E-state index contributed by atoms with van der Waals surface area (Å²) in [6, 6.07) is 8.72. The van der Waals surface area contributed by atoms with E-state index in [1.807, 2.05) is 24.3 Å². The number of likely N-dealkylation sites (tertiary alicyclic amines) is 1. The summed E-state index contributed by atoms with van der Waals surface area (Å²) in [4.78, 5) is 30.8. The maximum Gasteiger partial charge on any atom is 0.234 e. The molecule has 0 aliphatic carbocycles. The number of nitrogens with zero attached hydrogens (tertiary/aromatic N) is 2. The predicted octanol–water partition coefficient (Wildman–Crippen LogP) is 2.70. The molecular weight excluding hydrogens is 352 g/mol. The minimum absolute atomic E-state index is 0.0439. The van der Waals surface area contributed by atoms with Crippen LogP contribution in [0.2, 0.25) is 0 Å². The third kappa shape index (κ3) is 5.07. The Morgan fingerprint density at radius 1 is 1.21 bits per heavy atom. The Morgan fingerprint density at radius 2 is 1.96 bits per heavy atom. The second kappa shape index (κ2) is 9.15. The Bertz CT molecular complexity index is 842. The topological polar surface area (TPSA) is 88.3 Å². The van der Waals surface area contributed by atoms with E-state index in [0.29, 0.717) is 37.3 Å². The summed E-state index contributed by atoms with van der Waals surface area (Å²) in [6.45, 7) is 4.80. The predicted molar refractivity (Wildman–Crippen MR) is 112 cm³/mol. The van der Waals surface area contributed by atoms with Gasteiger partial charge in [-0.25, -0.2) is 4.98 Å². The van der Waals surface area contributed by atoms with Crippen molar-refractivity contribution in [1.82, 2.24) is 15.2 Å². The Balaban J connectivity index is 1.45. The zero-order chi connectivity index (χ0) is 20.1. The van der Waals surface area contributed by atoms with E-state index < -0.39 is 0 Å². The molecule has 1 amide bonds. The first-order chi connectivity index (χ1) is 13.4. The van der Waals surface area contributed by atoms with Gasteiger partial charge in [-0.05, 0) is 50.1 Å². The smallest absolute Gasteiger partial charge is 0.234 e. The number of nitrogens with two attached hydrogens (primary N) is 1. The third-order valence-electron chi connectivity index (χ3n) is 5.74. The average Bonchev–Trinajstić information content (AvgIpc) is 2.68. The van der Waals surface area contributed by atoms with Crippen molar-refractivity contribution in [2.45, 2.75) is 58.0 Å². The first-order valence-corrected chi connectivity index (χ1v) is 10.1. The summed E-state index contributed by atoms with van der Waals surface area (Å²) in [5, 5.41) is 4.74. The van der Waals surface area contributed by atoms with Gasteiger partial charge in [-0.15, -0.1) is 0 Å². The molecule has 2 atom stereocenters. The van der Waals surface area contributed by atoms with Crippen LogP contribution in [0.15, 0.2) is 30.5 Å². The van der Waals surface area contributed by atoms with Crippen LogP contribution in [0.5, 0.6) is 0 Å². The number of fused-ring (bicyclic) bond motifs is 1. The van der Waals surface area contributed by atoms with E-state index in [-0.39, 0.29) is 18.2 Å². The van der Waals surface area contributed by atoms with Crippen molar-refractivity contribution in [3.05, 3.63) is 36.0 Å². The third-order valence-corrected chi connectivity index (χ3v) is 5.74. The van der Waals surface area contributed by atoms with E-state index in [9.17, 15) is 9.59 Å². The lowest BCUT2D eigenvalue weighted by molar-refractivity contribution is -0.127. The highest BCUT2D eigenvalue weighted by Crippen LogP contribution is 2.22. The molecule has 1 aromatic carbocycles. The van der Waals surface area contributed by atoms with Crippen LogP contribution in [0.4, 0.5) is 5.82 Å². The fourth-order valence-corrected chi connectivity index (χ4v) is 3.98. The summed E-state index contributed by atoms with van der Waals surface area (Å²) in [6.07, 6.45) is 6.22. The first kappa shape index (κ1) is 20.3. The number of carbonyl (C=O) groups is 2. The maximum atomic E-state index is 12.2. The largest absolute Gasteiger partial charge is 0.383 e. The van der Waals surface area contributed by atoms with E-state index in [1.54, 1.807) is 6.20 Å². The van der Waals surface area contributed by atoms with Gasteiger partial charge in [-0.3, -0.25) is 14.5 Å². The van der Waals surface area contributed by atoms with Crippen LogP contribution in [0, 0.1) is 0 Å². The summed E-state index contributed by atoms with van der Waals surface area (Å²) in [7, 11) is 0. The molecule has 0 bridgehead atoms. The van der Waals surface area contributed by atoms with Gasteiger partial charge in [0.2, 0.25) is 5.91 Å². The fourth-order valence-electron chi connectivity index (χ4n) is 3.98. The number of amides is 1. The lowest BCUT2D eigenvalue weighted by Gasteiger charge is -2.38. The van der Waals surface area contributed by atoms with E-state index in [0.717, 1.165) is 29.2 Å². The number of piperidine rings is 1. The molecular formula is C22H30N4O2. The molecule has 150 valence electrons. The summed E-state index contributed by atoms with van der Waals surface area (Å²) < 4.78 is 0. The average molecular weight is 383 g/mol. The number of nitrogen functional groups attached to an aromatic ring is 1.